The van der Waals surface area contributed by atoms with E-state index < -0.39 is 0 Å². The van der Waals surface area contributed by atoms with Crippen molar-refractivity contribution in [3.05, 3.63) is 58.7 Å². The van der Waals surface area contributed by atoms with Gasteiger partial charge in [-0.25, -0.2) is 4.98 Å². The average Bonchev–Trinajstić information content (AvgIpc) is 2.79. The van der Waals surface area contributed by atoms with Gasteiger partial charge in [-0.1, -0.05) is 36.9 Å². The van der Waals surface area contributed by atoms with Crippen LogP contribution in [0.3, 0.4) is 0 Å². The molecule has 0 aliphatic rings. The van der Waals surface area contributed by atoms with Gasteiger partial charge in [-0.2, -0.15) is 0 Å². The van der Waals surface area contributed by atoms with Gasteiger partial charge in [-0.15, -0.1) is 0 Å². The zero-order valence-electron chi connectivity index (χ0n) is 18.9. The third-order valence-corrected chi connectivity index (χ3v) is 6.49. The Hall–Kier alpha value is -2.73. The van der Waals surface area contributed by atoms with Crippen molar-refractivity contribution in [1.82, 2.24) is 10.3 Å². The number of thioether (sulfide) groups is 1. The number of nitrogens with zero attached hydrogens (tertiary/aromatic N) is 1. The molecule has 1 amide bonds. The molecule has 0 saturated heterocycles. The number of carbonyl (C=O) groups excluding carboxylic acids is 1. The number of ether oxygens (including phenoxy) is 2. The van der Waals surface area contributed by atoms with Gasteiger partial charge in [0.2, 0.25) is 5.91 Å². The van der Waals surface area contributed by atoms with Gasteiger partial charge in [0.1, 0.15) is 5.03 Å². The van der Waals surface area contributed by atoms with E-state index in [4.69, 9.17) is 14.5 Å². The third-order valence-electron chi connectivity index (χ3n) is 5.46. The van der Waals surface area contributed by atoms with E-state index >= 15 is 0 Å². The Morgan fingerprint density at radius 2 is 1.84 bits per heavy atom. The number of pyridine rings is 1. The predicted molar refractivity (Wildman–Crippen MR) is 128 cm³/mol. The summed E-state index contributed by atoms with van der Waals surface area (Å²) in [5.74, 6) is 1.76. The van der Waals surface area contributed by atoms with Crippen LogP contribution in [0, 0.1) is 13.8 Å². The van der Waals surface area contributed by atoms with Crippen LogP contribution >= 0.6 is 11.8 Å². The Labute approximate surface area is 188 Å². The maximum Gasteiger partial charge on any atom is 0.230 e. The van der Waals surface area contributed by atoms with Crippen LogP contribution in [-0.2, 0) is 17.6 Å². The summed E-state index contributed by atoms with van der Waals surface area (Å²) in [7, 11) is 3.24. The fraction of sp³-hybridized carbons (Fsp3) is 0.360. The lowest BCUT2D eigenvalue weighted by Crippen LogP contribution is -2.27. The van der Waals surface area contributed by atoms with E-state index in [1.807, 2.05) is 18.2 Å². The highest BCUT2D eigenvalue weighted by molar-refractivity contribution is 7.99. The predicted octanol–water partition coefficient (Wildman–Crippen LogP) is 4.88. The van der Waals surface area contributed by atoms with E-state index in [1.54, 1.807) is 14.2 Å². The molecule has 0 fully saturated rings. The van der Waals surface area contributed by atoms with E-state index in [1.165, 1.54) is 28.5 Å². The first-order chi connectivity index (χ1) is 15.0. The topological polar surface area (TPSA) is 60.5 Å². The van der Waals surface area contributed by atoms with Gasteiger partial charge in [0.15, 0.2) is 11.5 Å². The van der Waals surface area contributed by atoms with Crippen LogP contribution < -0.4 is 14.8 Å². The van der Waals surface area contributed by atoms with E-state index in [0.29, 0.717) is 23.8 Å². The maximum atomic E-state index is 12.4. The van der Waals surface area contributed by atoms with Gasteiger partial charge in [-0.3, -0.25) is 4.79 Å². The highest BCUT2D eigenvalue weighted by Gasteiger charge is 2.12. The molecule has 0 saturated carbocycles. The highest BCUT2D eigenvalue weighted by atomic mass is 32.2. The molecule has 0 bridgehead atoms. The standard InChI is InChI=1S/C25H30N2O3S/c1-6-19-14-20-9-7-16(2)17(3)24(20)27-25(19)31-15-23(28)26-12-11-18-8-10-21(29-4)22(13-18)30-5/h7-10,13-14H,6,11-12,15H2,1-5H3,(H,26,28). The quantitative estimate of drug-likeness (QED) is 0.483. The molecule has 31 heavy (non-hydrogen) atoms. The van der Waals surface area contributed by atoms with Crippen molar-refractivity contribution >= 4 is 28.6 Å². The van der Waals surface area contributed by atoms with Crippen molar-refractivity contribution in [2.45, 2.75) is 38.6 Å². The minimum atomic E-state index is 0.00962. The summed E-state index contributed by atoms with van der Waals surface area (Å²) < 4.78 is 10.6. The fourth-order valence-electron chi connectivity index (χ4n) is 3.46. The van der Waals surface area contributed by atoms with Crippen LogP contribution in [0.15, 0.2) is 41.4 Å². The molecule has 0 unspecified atom stereocenters. The Bertz CT molecular complexity index is 1080. The van der Waals surface area contributed by atoms with Crippen molar-refractivity contribution in [2.75, 3.05) is 26.5 Å². The van der Waals surface area contributed by atoms with Crippen LogP contribution in [-0.4, -0.2) is 37.4 Å². The van der Waals surface area contributed by atoms with E-state index in [-0.39, 0.29) is 5.91 Å². The van der Waals surface area contributed by atoms with Crippen LogP contribution in [0.25, 0.3) is 10.9 Å². The molecule has 1 heterocycles. The lowest BCUT2D eigenvalue weighted by atomic mass is 10.0. The SMILES string of the molecule is CCc1cc2ccc(C)c(C)c2nc1SCC(=O)NCCc1ccc(OC)c(OC)c1. The molecule has 0 aliphatic heterocycles. The lowest BCUT2D eigenvalue weighted by Gasteiger charge is -2.12. The van der Waals surface area contributed by atoms with Gasteiger partial charge in [-0.05, 0) is 67.1 Å². The van der Waals surface area contributed by atoms with E-state index in [2.05, 4.69) is 44.3 Å². The van der Waals surface area contributed by atoms with Crippen LogP contribution in [0.4, 0.5) is 0 Å². The Balaban J connectivity index is 1.59. The summed E-state index contributed by atoms with van der Waals surface area (Å²) in [4.78, 5) is 17.3. The first kappa shape index (κ1) is 22.9. The second-order valence-electron chi connectivity index (χ2n) is 7.46. The molecule has 2 aromatic carbocycles. The van der Waals surface area contributed by atoms with Gasteiger partial charge in [0, 0.05) is 11.9 Å². The number of aromatic nitrogens is 1. The van der Waals surface area contributed by atoms with Crippen molar-refractivity contribution in [2.24, 2.45) is 0 Å². The summed E-state index contributed by atoms with van der Waals surface area (Å²) in [5.41, 5.74) is 5.71. The summed E-state index contributed by atoms with van der Waals surface area (Å²) in [5, 5.41) is 5.10. The number of rotatable bonds is 9. The molecule has 3 rings (SSSR count). The molecule has 164 valence electrons. The highest BCUT2D eigenvalue weighted by Crippen LogP contribution is 2.29. The molecular weight excluding hydrogens is 408 g/mol. The Kier molecular flexibility index (Phi) is 7.80. The first-order valence-corrected chi connectivity index (χ1v) is 11.5. The lowest BCUT2D eigenvalue weighted by molar-refractivity contribution is -0.118. The number of hydrogen-bond donors (Lipinski definition) is 1. The second kappa shape index (κ2) is 10.5. The summed E-state index contributed by atoms with van der Waals surface area (Å²) in [6.07, 6.45) is 1.61. The number of methoxy groups -OCH3 is 2. The van der Waals surface area contributed by atoms with Gasteiger partial charge >= 0.3 is 0 Å². The number of benzene rings is 2. The molecular formula is C25H30N2O3S. The molecule has 0 radical (unpaired) electrons. The van der Waals surface area contributed by atoms with Crippen LogP contribution in [0.5, 0.6) is 11.5 Å². The number of carbonyl (C=O) groups is 1. The molecule has 5 nitrogen and oxygen atoms in total. The average molecular weight is 439 g/mol. The molecule has 3 aromatic rings. The van der Waals surface area contributed by atoms with Crippen molar-refractivity contribution < 1.29 is 14.3 Å². The molecule has 0 aliphatic carbocycles. The normalized spacial score (nSPS) is 10.9. The molecule has 1 aromatic heterocycles. The number of amides is 1. The number of nitrogens with one attached hydrogen (secondary N) is 1. The zero-order valence-corrected chi connectivity index (χ0v) is 19.7. The van der Waals surface area contributed by atoms with Crippen molar-refractivity contribution in [3.63, 3.8) is 0 Å². The van der Waals surface area contributed by atoms with Gasteiger partial charge in [0.25, 0.3) is 0 Å². The van der Waals surface area contributed by atoms with Gasteiger partial charge < -0.3 is 14.8 Å². The number of aryl methyl sites for hydroxylation is 3. The Morgan fingerprint density at radius 1 is 1.06 bits per heavy atom. The fourth-order valence-corrected chi connectivity index (χ4v) is 4.37. The van der Waals surface area contributed by atoms with Crippen molar-refractivity contribution in [1.29, 1.82) is 0 Å². The summed E-state index contributed by atoms with van der Waals surface area (Å²) in [6, 6.07) is 12.3. The molecule has 1 N–H and O–H groups in total. The maximum absolute atomic E-state index is 12.4. The third kappa shape index (κ3) is 5.50. The van der Waals surface area contributed by atoms with E-state index in [0.717, 1.165) is 34.3 Å². The van der Waals surface area contributed by atoms with Crippen LogP contribution in [0.1, 0.15) is 29.2 Å². The second-order valence-corrected chi connectivity index (χ2v) is 8.43. The van der Waals surface area contributed by atoms with E-state index in [9.17, 15) is 4.79 Å². The monoisotopic (exact) mass is 438 g/mol. The summed E-state index contributed by atoms with van der Waals surface area (Å²) >= 11 is 1.51. The first-order valence-electron chi connectivity index (χ1n) is 10.5. The number of hydrogen-bond acceptors (Lipinski definition) is 5. The molecule has 0 atom stereocenters. The largest absolute Gasteiger partial charge is 0.493 e. The number of fused-ring (bicyclic) bond motifs is 1. The van der Waals surface area contributed by atoms with Crippen LogP contribution in [0.2, 0.25) is 0 Å². The van der Waals surface area contributed by atoms with Crippen molar-refractivity contribution in [3.8, 4) is 11.5 Å². The smallest absolute Gasteiger partial charge is 0.230 e. The summed E-state index contributed by atoms with van der Waals surface area (Å²) in [6.45, 7) is 6.89. The van der Waals surface area contributed by atoms with Gasteiger partial charge in [0.05, 0.1) is 25.5 Å². The minimum Gasteiger partial charge on any atom is -0.493 e. The Morgan fingerprint density at radius 3 is 2.55 bits per heavy atom. The molecule has 0 spiro atoms. The zero-order chi connectivity index (χ0) is 22.4. The molecule has 6 heteroatoms. The minimum absolute atomic E-state index is 0.00962.